The zero-order valence-corrected chi connectivity index (χ0v) is 34.9. The molecule has 0 aliphatic rings. The van der Waals surface area contributed by atoms with Gasteiger partial charge in [0.05, 0.1) is 22.1 Å². The first-order valence-electron chi connectivity index (χ1n) is 21.6. The van der Waals surface area contributed by atoms with Crippen molar-refractivity contribution in [3.8, 4) is 34.0 Å². The van der Waals surface area contributed by atoms with E-state index in [0.29, 0.717) is 11.4 Å². The highest BCUT2D eigenvalue weighted by atomic mass is 32.1. The lowest BCUT2D eigenvalue weighted by atomic mass is 10.00. The summed E-state index contributed by atoms with van der Waals surface area (Å²) >= 11 is 1.89. The fourth-order valence-electron chi connectivity index (χ4n) is 10.6. The van der Waals surface area contributed by atoms with Crippen LogP contribution in [0.5, 0.6) is 0 Å². The lowest BCUT2D eigenvalue weighted by molar-refractivity contribution is 0.667. The fraction of sp³-hybridized carbons (Fsp3) is 0. The van der Waals surface area contributed by atoms with Crippen molar-refractivity contribution in [3.05, 3.63) is 194 Å². The van der Waals surface area contributed by atoms with Crippen molar-refractivity contribution in [1.82, 2.24) is 19.1 Å². The number of hydrogen-bond donors (Lipinski definition) is 0. The Morgan fingerprint density at radius 2 is 1.02 bits per heavy atom. The number of rotatable bonds is 4. The molecule has 5 aromatic heterocycles. The van der Waals surface area contributed by atoms with E-state index >= 15 is 0 Å². The summed E-state index contributed by atoms with van der Waals surface area (Å²) in [5, 5.41) is 13.5. The van der Waals surface area contributed by atoms with Crippen molar-refractivity contribution in [3.63, 3.8) is 0 Å². The molecule has 0 bridgehead atoms. The SMILES string of the molecule is c1ccc(-n2c3ccccc3c3cc(-c4nc(-c5ccc6cc(-n7c8ccc9cccc%10sc%11cccc%12ccc7c(c%12%11)c8c9%10)ccc6c5)nc5c4oc4ccccc45)ccc32)cc1. The molecule has 0 saturated heterocycles. The number of para-hydroxylation sites is 3. The zero-order valence-electron chi connectivity index (χ0n) is 34.1. The van der Waals surface area contributed by atoms with E-state index in [1.54, 1.807) is 0 Å². The average Bonchev–Trinajstić information content (AvgIpc) is 3.98. The molecule has 0 unspecified atom stereocenters. The number of fused-ring (bicyclic) bond motifs is 7. The Morgan fingerprint density at radius 1 is 0.391 bits per heavy atom. The molecule has 0 fully saturated rings. The minimum Gasteiger partial charge on any atom is -0.452 e. The van der Waals surface area contributed by atoms with Crippen LogP contribution in [0.4, 0.5) is 0 Å². The van der Waals surface area contributed by atoms with Crippen LogP contribution in [-0.4, -0.2) is 19.1 Å². The van der Waals surface area contributed by atoms with Gasteiger partial charge >= 0.3 is 0 Å². The standard InChI is InChI=1S/C58H32N4OS/c1-2-12-39(13-3-1)61-44-16-6-4-14-41(44)43-32-37(25-27-45(43)61)55-57-56(42-15-5-7-17-48(42)63-57)60-58(59-55)38-21-20-36-31-40(26-22-35(36)30-38)62-46-28-23-33-10-8-18-49-51(33)53(46)54-47(62)29-24-34-11-9-19-50(64-49)52(34)54/h1-32H. The molecule has 64 heavy (non-hydrogen) atoms. The summed E-state index contributed by atoms with van der Waals surface area (Å²) in [5.74, 6) is 0.659. The third kappa shape index (κ3) is 4.67. The van der Waals surface area contributed by atoms with Gasteiger partial charge in [-0.1, -0.05) is 109 Å². The number of aromatic nitrogens is 4. The molecule has 0 spiro atoms. The van der Waals surface area contributed by atoms with Crippen LogP contribution in [0.2, 0.25) is 0 Å². The van der Waals surface area contributed by atoms with E-state index < -0.39 is 0 Å². The summed E-state index contributed by atoms with van der Waals surface area (Å²) in [5.41, 5.74) is 12.0. The van der Waals surface area contributed by atoms with Crippen LogP contribution < -0.4 is 0 Å². The predicted molar refractivity (Wildman–Crippen MR) is 268 cm³/mol. The van der Waals surface area contributed by atoms with Crippen LogP contribution in [-0.2, 0) is 0 Å². The average molecular weight is 833 g/mol. The van der Waals surface area contributed by atoms with Gasteiger partial charge in [0.25, 0.3) is 0 Å². The van der Waals surface area contributed by atoms with Gasteiger partial charge in [-0.3, -0.25) is 0 Å². The Bertz CT molecular complexity index is 4330. The molecule has 5 heterocycles. The minimum absolute atomic E-state index is 0.659. The molecular formula is C58H32N4OS. The van der Waals surface area contributed by atoms with E-state index in [0.717, 1.165) is 71.9 Å². The molecule has 0 atom stereocenters. The molecule has 0 N–H and O–H groups in total. The third-order valence-corrected chi connectivity index (χ3v) is 14.6. The smallest absolute Gasteiger partial charge is 0.180 e. The van der Waals surface area contributed by atoms with Gasteiger partial charge in [-0.15, -0.1) is 11.3 Å². The Hall–Kier alpha value is -8.32. The molecule has 0 aliphatic carbocycles. The van der Waals surface area contributed by atoms with Gasteiger partial charge in [-0.05, 0) is 106 Å². The van der Waals surface area contributed by atoms with E-state index in [1.807, 2.05) is 29.5 Å². The second kappa shape index (κ2) is 12.6. The van der Waals surface area contributed by atoms with Crippen molar-refractivity contribution in [2.24, 2.45) is 0 Å². The van der Waals surface area contributed by atoms with E-state index in [2.05, 4.69) is 185 Å². The highest BCUT2D eigenvalue weighted by molar-refractivity contribution is 7.24. The molecule has 296 valence electrons. The molecule has 0 aliphatic heterocycles. The molecule has 0 saturated carbocycles. The largest absolute Gasteiger partial charge is 0.452 e. The Labute approximate surface area is 368 Å². The van der Waals surface area contributed by atoms with Crippen molar-refractivity contribution < 1.29 is 4.42 Å². The van der Waals surface area contributed by atoms with Gasteiger partial charge in [0.2, 0.25) is 0 Å². The van der Waals surface area contributed by atoms with Gasteiger partial charge in [-0.25, -0.2) is 9.97 Å². The lowest BCUT2D eigenvalue weighted by Gasteiger charge is -2.12. The highest BCUT2D eigenvalue weighted by Crippen LogP contribution is 2.47. The summed E-state index contributed by atoms with van der Waals surface area (Å²) in [6, 6.07) is 70.0. The van der Waals surface area contributed by atoms with Gasteiger partial charge in [0.1, 0.15) is 16.8 Å². The van der Waals surface area contributed by atoms with Crippen LogP contribution in [0, 0.1) is 0 Å². The van der Waals surface area contributed by atoms with Crippen molar-refractivity contribution in [2.75, 3.05) is 0 Å². The summed E-state index contributed by atoms with van der Waals surface area (Å²) in [6.45, 7) is 0. The zero-order chi connectivity index (χ0) is 41.6. The van der Waals surface area contributed by atoms with Gasteiger partial charge < -0.3 is 13.6 Å². The number of nitrogens with zero attached hydrogens (tertiary/aromatic N) is 4. The molecule has 5 nitrogen and oxygen atoms in total. The monoisotopic (exact) mass is 832 g/mol. The first-order valence-corrected chi connectivity index (χ1v) is 22.5. The van der Waals surface area contributed by atoms with E-state index in [9.17, 15) is 0 Å². The van der Waals surface area contributed by atoms with Gasteiger partial charge in [0, 0.05) is 69.6 Å². The van der Waals surface area contributed by atoms with Gasteiger partial charge in [0.15, 0.2) is 11.4 Å². The molecule has 10 aromatic carbocycles. The molecular weight excluding hydrogens is 801 g/mol. The van der Waals surface area contributed by atoms with Crippen molar-refractivity contribution in [2.45, 2.75) is 0 Å². The van der Waals surface area contributed by atoms with Crippen molar-refractivity contribution in [1.29, 1.82) is 0 Å². The summed E-state index contributed by atoms with van der Waals surface area (Å²) in [4.78, 5) is 10.6. The van der Waals surface area contributed by atoms with E-state index in [-0.39, 0.29) is 0 Å². The number of hydrogen-bond acceptors (Lipinski definition) is 4. The predicted octanol–water partition coefficient (Wildman–Crippen LogP) is 16.0. The summed E-state index contributed by atoms with van der Waals surface area (Å²) in [6.07, 6.45) is 0. The van der Waals surface area contributed by atoms with Crippen LogP contribution in [0.1, 0.15) is 0 Å². The van der Waals surface area contributed by atoms with Crippen LogP contribution in [0.3, 0.4) is 0 Å². The van der Waals surface area contributed by atoms with Crippen molar-refractivity contribution >= 4 is 119 Å². The second-order valence-electron chi connectivity index (χ2n) is 16.9. The second-order valence-corrected chi connectivity index (χ2v) is 18.0. The number of furan rings is 1. The maximum atomic E-state index is 6.61. The highest BCUT2D eigenvalue weighted by Gasteiger charge is 2.23. The molecule has 0 amide bonds. The minimum atomic E-state index is 0.659. The maximum absolute atomic E-state index is 6.61. The Kier molecular flexibility index (Phi) is 6.77. The third-order valence-electron chi connectivity index (χ3n) is 13.4. The van der Waals surface area contributed by atoms with E-state index in [4.69, 9.17) is 14.4 Å². The quantitative estimate of drug-likeness (QED) is 0.177. The topological polar surface area (TPSA) is 48.8 Å². The molecule has 15 aromatic rings. The summed E-state index contributed by atoms with van der Waals surface area (Å²) in [7, 11) is 0. The van der Waals surface area contributed by atoms with Gasteiger partial charge in [-0.2, -0.15) is 0 Å². The Balaban J connectivity index is 0.912. The molecule has 15 rings (SSSR count). The first kappa shape index (κ1) is 34.3. The lowest BCUT2D eigenvalue weighted by Crippen LogP contribution is -1.96. The normalized spacial score (nSPS) is 12.4. The van der Waals surface area contributed by atoms with Crippen LogP contribution >= 0.6 is 11.3 Å². The molecule has 0 radical (unpaired) electrons. The molecule has 6 heteroatoms. The van der Waals surface area contributed by atoms with Crippen LogP contribution in [0.25, 0.3) is 141 Å². The van der Waals surface area contributed by atoms with Crippen LogP contribution in [0.15, 0.2) is 199 Å². The first-order chi connectivity index (χ1) is 31.7. The maximum Gasteiger partial charge on any atom is 0.180 e. The summed E-state index contributed by atoms with van der Waals surface area (Å²) < 4.78 is 14.0. The Morgan fingerprint density at radius 3 is 1.81 bits per heavy atom. The van der Waals surface area contributed by atoms with E-state index in [1.165, 1.54) is 58.1 Å². The number of benzene rings is 10. The fourth-order valence-corrected chi connectivity index (χ4v) is 11.8.